The summed E-state index contributed by atoms with van der Waals surface area (Å²) in [5, 5.41) is 10.4. The van der Waals surface area contributed by atoms with E-state index in [-0.39, 0.29) is 12.0 Å². The van der Waals surface area contributed by atoms with E-state index in [2.05, 4.69) is 19.1 Å². The van der Waals surface area contributed by atoms with E-state index in [1.54, 1.807) is 7.11 Å². The van der Waals surface area contributed by atoms with E-state index in [0.717, 1.165) is 104 Å². The van der Waals surface area contributed by atoms with Gasteiger partial charge in [-0.3, -0.25) is 0 Å². The molecule has 0 spiro atoms. The molecular formula is C32H42O6. The van der Waals surface area contributed by atoms with Crippen molar-refractivity contribution >= 4 is 11.5 Å². The van der Waals surface area contributed by atoms with Gasteiger partial charge in [0.25, 0.3) is 0 Å². The molecule has 206 valence electrons. The minimum atomic E-state index is -0.821. The number of allylic oxidation sites excluding steroid dienone is 2. The molecule has 2 aliphatic carbocycles. The highest BCUT2D eigenvalue weighted by Gasteiger charge is 2.36. The normalized spacial score (nSPS) is 23.6. The van der Waals surface area contributed by atoms with E-state index < -0.39 is 5.97 Å². The number of carbonyl (C=O) groups is 1. The second kappa shape index (κ2) is 12.5. The molecule has 1 aromatic carbocycles. The van der Waals surface area contributed by atoms with Gasteiger partial charge in [0.05, 0.1) is 12.2 Å². The van der Waals surface area contributed by atoms with Crippen LogP contribution in [0.5, 0.6) is 11.5 Å². The molecule has 6 nitrogen and oxygen atoms in total. The Balaban J connectivity index is 1.63. The third kappa shape index (κ3) is 5.72. The van der Waals surface area contributed by atoms with Crippen molar-refractivity contribution < 1.29 is 28.8 Å². The molecule has 1 unspecified atom stereocenters. The molecule has 1 atom stereocenters. The molecule has 2 aliphatic heterocycles. The van der Waals surface area contributed by atoms with Crippen LogP contribution in [-0.4, -0.2) is 50.7 Å². The van der Waals surface area contributed by atoms with Gasteiger partial charge in [0.1, 0.15) is 17.6 Å². The van der Waals surface area contributed by atoms with Gasteiger partial charge in [-0.15, -0.1) is 0 Å². The molecule has 1 saturated carbocycles. The average molecular weight is 523 g/mol. The molecule has 0 radical (unpaired) electrons. The number of aryl methyl sites for hydroxylation is 1. The van der Waals surface area contributed by atoms with Crippen molar-refractivity contribution in [2.24, 2.45) is 5.92 Å². The van der Waals surface area contributed by atoms with Crippen molar-refractivity contribution in [3.05, 3.63) is 51.6 Å². The zero-order valence-electron chi connectivity index (χ0n) is 23.0. The van der Waals surface area contributed by atoms with Crippen LogP contribution in [0.1, 0.15) is 82.3 Å². The summed E-state index contributed by atoms with van der Waals surface area (Å²) in [6, 6.07) is 4.31. The Morgan fingerprint density at radius 3 is 2.45 bits per heavy atom. The molecule has 0 amide bonds. The highest BCUT2D eigenvalue weighted by Crippen LogP contribution is 2.47. The lowest BCUT2D eigenvalue weighted by Gasteiger charge is -2.37. The molecule has 0 bridgehead atoms. The molecule has 1 N–H and O–H groups in total. The van der Waals surface area contributed by atoms with Crippen LogP contribution in [0.4, 0.5) is 0 Å². The molecular weight excluding hydrogens is 480 g/mol. The quantitative estimate of drug-likeness (QED) is 0.384. The summed E-state index contributed by atoms with van der Waals surface area (Å²) in [5.74, 6) is 1.20. The maximum Gasteiger partial charge on any atom is 0.335 e. The van der Waals surface area contributed by atoms with Crippen LogP contribution in [0.3, 0.4) is 0 Å². The maximum absolute atomic E-state index is 12.7. The number of carboxylic acid groups (broad SMARTS) is 1. The molecule has 2 fully saturated rings. The first-order valence-electron chi connectivity index (χ1n) is 14.5. The van der Waals surface area contributed by atoms with Crippen LogP contribution in [0, 0.1) is 5.92 Å². The molecule has 6 heteroatoms. The molecule has 1 aromatic rings. The van der Waals surface area contributed by atoms with Crippen LogP contribution in [0.25, 0.3) is 5.57 Å². The highest BCUT2D eigenvalue weighted by molar-refractivity contribution is 5.94. The highest BCUT2D eigenvalue weighted by atomic mass is 16.5. The predicted molar refractivity (Wildman–Crippen MR) is 148 cm³/mol. The van der Waals surface area contributed by atoms with Gasteiger partial charge in [-0.25, -0.2) is 4.79 Å². The monoisotopic (exact) mass is 522 g/mol. The number of aliphatic carboxylic acids is 1. The molecule has 38 heavy (non-hydrogen) atoms. The van der Waals surface area contributed by atoms with Crippen molar-refractivity contribution in [1.29, 1.82) is 0 Å². The molecule has 4 aliphatic rings. The van der Waals surface area contributed by atoms with Gasteiger partial charge in [-0.2, -0.15) is 0 Å². The lowest BCUT2D eigenvalue weighted by atomic mass is 9.80. The molecule has 0 aromatic heterocycles. The Labute approximate surface area is 226 Å². The molecule has 1 saturated heterocycles. The van der Waals surface area contributed by atoms with Gasteiger partial charge >= 0.3 is 5.97 Å². The Hall–Kier alpha value is -2.57. The number of ether oxygens (including phenoxy) is 4. The van der Waals surface area contributed by atoms with Crippen LogP contribution in [0.15, 0.2) is 40.5 Å². The minimum absolute atomic E-state index is 0.185. The van der Waals surface area contributed by atoms with Crippen molar-refractivity contribution in [2.75, 3.05) is 33.5 Å². The van der Waals surface area contributed by atoms with Gasteiger partial charge in [0, 0.05) is 50.9 Å². The molecule has 2 heterocycles. The summed E-state index contributed by atoms with van der Waals surface area (Å²) in [7, 11) is 1.71. The third-order valence-corrected chi connectivity index (χ3v) is 8.56. The second-order valence-corrected chi connectivity index (χ2v) is 10.9. The summed E-state index contributed by atoms with van der Waals surface area (Å²) >= 11 is 0. The zero-order chi connectivity index (χ0) is 26.5. The third-order valence-electron chi connectivity index (χ3n) is 8.56. The fourth-order valence-electron chi connectivity index (χ4n) is 6.27. The van der Waals surface area contributed by atoms with Crippen LogP contribution >= 0.6 is 0 Å². The van der Waals surface area contributed by atoms with Crippen LogP contribution in [-0.2, 0) is 20.7 Å². The number of hydrogen-bond donors (Lipinski definition) is 1. The summed E-state index contributed by atoms with van der Waals surface area (Å²) in [5.41, 5.74) is 7.46. The van der Waals surface area contributed by atoms with E-state index >= 15 is 0 Å². The van der Waals surface area contributed by atoms with Gasteiger partial charge in [-0.05, 0) is 98.6 Å². The van der Waals surface area contributed by atoms with Gasteiger partial charge in [0.15, 0.2) is 0 Å². The Bertz CT molecular complexity index is 1120. The summed E-state index contributed by atoms with van der Waals surface area (Å²) < 4.78 is 23.9. The van der Waals surface area contributed by atoms with E-state index in [9.17, 15) is 9.90 Å². The van der Waals surface area contributed by atoms with E-state index in [0.29, 0.717) is 32.0 Å². The standard InChI is InChI=1S/C32H42O6/c1-3-21-18-26-25-11-5-4-10-24(22-8-6-9-22)28(32(33)34)19-27(25)31(23-12-16-36-17-13-23)38-30(26)20-29(21)37-15-7-14-35-2/h18-20,23,31H,3-17H2,1-2H3,(H,33,34)/b28-19+. The maximum atomic E-state index is 12.7. The van der Waals surface area contributed by atoms with E-state index in [1.807, 2.05) is 6.08 Å². The number of rotatable bonds is 8. The van der Waals surface area contributed by atoms with Crippen molar-refractivity contribution in [1.82, 2.24) is 0 Å². The van der Waals surface area contributed by atoms with Crippen molar-refractivity contribution in [3.8, 4) is 11.5 Å². The van der Waals surface area contributed by atoms with Gasteiger partial charge < -0.3 is 24.1 Å². The van der Waals surface area contributed by atoms with Gasteiger partial charge in [0.2, 0.25) is 0 Å². The number of benzene rings is 1. The zero-order valence-corrected chi connectivity index (χ0v) is 23.0. The van der Waals surface area contributed by atoms with Crippen LogP contribution < -0.4 is 9.47 Å². The van der Waals surface area contributed by atoms with E-state index in [4.69, 9.17) is 18.9 Å². The average Bonchev–Trinajstić information content (AvgIpc) is 2.99. The van der Waals surface area contributed by atoms with Crippen molar-refractivity contribution in [3.63, 3.8) is 0 Å². The first kappa shape index (κ1) is 27.0. The topological polar surface area (TPSA) is 74.2 Å². The fraction of sp³-hybridized carbons (Fsp3) is 0.594. The number of fused-ring (bicyclic) bond motifs is 2. The smallest absolute Gasteiger partial charge is 0.335 e. The second-order valence-electron chi connectivity index (χ2n) is 10.9. The summed E-state index contributed by atoms with van der Waals surface area (Å²) in [6.07, 6.45) is 12.3. The van der Waals surface area contributed by atoms with Gasteiger partial charge in [-0.1, -0.05) is 12.5 Å². The number of hydrogen-bond acceptors (Lipinski definition) is 5. The Morgan fingerprint density at radius 1 is 1.03 bits per heavy atom. The minimum Gasteiger partial charge on any atom is -0.493 e. The summed E-state index contributed by atoms with van der Waals surface area (Å²) in [6.45, 7) is 4.84. The summed E-state index contributed by atoms with van der Waals surface area (Å²) in [4.78, 5) is 12.7. The predicted octanol–water partition coefficient (Wildman–Crippen LogP) is 6.67. The molecule has 5 rings (SSSR count). The fourth-order valence-corrected chi connectivity index (χ4v) is 6.27. The van der Waals surface area contributed by atoms with Crippen LogP contribution in [0.2, 0.25) is 0 Å². The van der Waals surface area contributed by atoms with E-state index in [1.165, 1.54) is 11.1 Å². The number of methoxy groups -OCH3 is 1. The lowest BCUT2D eigenvalue weighted by molar-refractivity contribution is -0.132. The lowest BCUT2D eigenvalue weighted by Crippen LogP contribution is -2.36. The largest absolute Gasteiger partial charge is 0.493 e. The number of carboxylic acids is 1. The first-order chi connectivity index (χ1) is 18.6. The Morgan fingerprint density at radius 2 is 1.79 bits per heavy atom. The van der Waals surface area contributed by atoms with Crippen molar-refractivity contribution in [2.45, 2.75) is 83.7 Å². The first-order valence-corrected chi connectivity index (χ1v) is 14.5. The Kier molecular flexibility index (Phi) is 8.90. The SMILES string of the molecule is CCc1cc2c(cc1OCCCOC)OC(C1CCOCC1)C1=C2CCCCC(=C2CCC2)/C(C(=O)O)=C\1.